The van der Waals surface area contributed by atoms with Crippen LogP contribution in [0.15, 0.2) is 15.9 Å². The van der Waals surface area contributed by atoms with E-state index in [0.717, 1.165) is 23.9 Å². The molecule has 3 N–H and O–H groups in total. The Labute approximate surface area is 115 Å². The molecule has 0 aliphatic carbocycles. The maximum Gasteiger partial charge on any atom is 0.0746 e. The summed E-state index contributed by atoms with van der Waals surface area (Å²) >= 11 is 5.20. The lowest BCUT2D eigenvalue weighted by atomic mass is 9.94. The van der Waals surface area contributed by atoms with Gasteiger partial charge < -0.3 is 10.8 Å². The van der Waals surface area contributed by atoms with E-state index in [0.29, 0.717) is 13.1 Å². The fourth-order valence-corrected chi connectivity index (χ4v) is 4.07. The van der Waals surface area contributed by atoms with Crippen LogP contribution in [0, 0.1) is 0 Å². The lowest BCUT2D eigenvalue weighted by molar-refractivity contribution is -0.0288. The number of hydrogen-bond donors (Lipinski definition) is 2. The average molecular weight is 319 g/mol. The molecule has 1 aliphatic rings. The molecule has 3 nitrogen and oxygen atoms in total. The Morgan fingerprint density at radius 1 is 1.71 bits per heavy atom. The molecule has 2 heterocycles. The summed E-state index contributed by atoms with van der Waals surface area (Å²) in [5.41, 5.74) is 5.33. The highest BCUT2D eigenvalue weighted by atomic mass is 79.9. The van der Waals surface area contributed by atoms with E-state index in [2.05, 4.69) is 32.3 Å². The zero-order chi connectivity index (χ0) is 12.5. The van der Waals surface area contributed by atoms with Crippen LogP contribution in [0.3, 0.4) is 0 Å². The van der Waals surface area contributed by atoms with Gasteiger partial charge in [-0.25, -0.2) is 0 Å². The van der Waals surface area contributed by atoms with E-state index in [-0.39, 0.29) is 6.04 Å². The number of likely N-dealkylation sites (tertiary alicyclic amines) is 1. The summed E-state index contributed by atoms with van der Waals surface area (Å²) < 4.78 is 1.11. The van der Waals surface area contributed by atoms with Crippen molar-refractivity contribution in [1.29, 1.82) is 0 Å². The predicted molar refractivity (Wildman–Crippen MR) is 75.2 cm³/mol. The van der Waals surface area contributed by atoms with Crippen molar-refractivity contribution in [2.24, 2.45) is 5.73 Å². The molecular weight excluding hydrogens is 300 g/mol. The van der Waals surface area contributed by atoms with Gasteiger partial charge in [0.05, 0.1) is 11.6 Å². The molecule has 2 unspecified atom stereocenters. The molecule has 1 fully saturated rings. The molecule has 1 saturated heterocycles. The molecule has 1 aromatic rings. The maximum absolute atomic E-state index is 10.2. The van der Waals surface area contributed by atoms with Gasteiger partial charge in [0.1, 0.15) is 0 Å². The van der Waals surface area contributed by atoms with Crippen LogP contribution in [0.25, 0.3) is 0 Å². The Hall–Kier alpha value is 0.0600. The Balaban J connectivity index is 2.13. The number of hydrogen-bond acceptors (Lipinski definition) is 4. The first-order chi connectivity index (χ1) is 8.02. The average Bonchev–Trinajstić information content (AvgIpc) is 2.64. The second kappa shape index (κ2) is 5.36. The van der Waals surface area contributed by atoms with Crippen molar-refractivity contribution in [3.05, 3.63) is 20.8 Å². The van der Waals surface area contributed by atoms with Crippen molar-refractivity contribution >= 4 is 27.3 Å². The van der Waals surface area contributed by atoms with Crippen LogP contribution in [0.2, 0.25) is 0 Å². The summed E-state index contributed by atoms with van der Waals surface area (Å²) in [6.07, 6.45) is 1.92. The molecule has 0 spiro atoms. The standard InChI is InChI=1S/C12H19BrN2OS/c1-12(16)3-2-4-15(8-12)10(6-14)11-5-9(13)7-17-11/h5,7,10,16H,2-4,6,8,14H2,1H3. The first-order valence-electron chi connectivity index (χ1n) is 5.92. The number of thiophene rings is 1. The van der Waals surface area contributed by atoms with Gasteiger partial charge in [0.15, 0.2) is 0 Å². The fraction of sp³-hybridized carbons (Fsp3) is 0.667. The highest BCUT2D eigenvalue weighted by molar-refractivity contribution is 9.10. The molecule has 2 rings (SSSR count). The molecule has 0 aromatic carbocycles. The summed E-state index contributed by atoms with van der Waals surface area (Å²) in [5.74, 6) is 0. The smallest absolute Gasteiger partial charge is 0.0746 e. The van der Waals surface area contributed by atoms with Crippen molar-refractivity contribution in [3.8, 4) is 0 Å². The molecule has 1 aliphatic heterocycles. The zero-order valence-corrected chi connectivity index (χ0v) is 12.4. The minimum absolute atomic E-state index is 0.234. The van der Waals surface area contributed by atoms with Crippen molar-refractivity contribution in [3.63, 3.8) is 0 Å². The second-order valence-corrected chi connectivity index (χ2v) is 6.85. The van der Waals surface area contributed by atoms with Gasteiger partial charge >= 0.3 is 0 Å². The summed E-state index contributed by atoms with van der Waals surface area (Å²) in [4.78, 5) is 3.58. The molecule has 0 saturated carbocycles. The summed E-state index contributed by atoms with van der Waals surface area (Å²) in [5, 5.41) is 12.2. The van der Waals surface area contributed by atoms with Crippen molar-refractivity contribution in [2.45, 2.75) is 31.4 Å². The van der Waals surface area contributed by atoms with Crippen molar-refractivity contribution in [2.75, 3.05) is 19.6 Å². The SMILES string of the molecule is CC1(O)CCCN(C(CN)c2cc(Br)cs2)C1. The highest BCUT2D eigenvalue weighted by Gasteiger charge is 2.32. The van der Waals surface area contributed by atoms with Gasteiger partial charge in [-0.1, -0.05) is 0 Å². The van der Waals surface area contributed by atoms with Crippen molar-refractivity contribution < 1.29 is 5.11 Å². The first kappa shape index (κ1) is 13.5. The summed E-state index contributed by atoms with van der Waals surface area (Å²) in [7, 11) is 0. The number of nitrogens with two attached hydrogens (primary N) is 1. The fourth-order valence-electron chi connectivity index (χ4n) is 2.47. The van der Waals surface area contributed by atoms with E-state index in [1.807, 2.05) is 6.92 Å². The molecule has 17 heavy (non-hydrogen) atoms. The number of piperidine rings is 1. The van der Waals surface area contributed by atoms with E-state index < -0.39 is 5.60 Å². The lowest BCUT2D eigenvalue weighted by Gasteiger charge is -2.40. The summed E-state index contributed by atoms with van der Waals surface area (Å²) in [6.45, 7) is 4.25. The molecule has 5 heteroatoms. The van der Waals surface area contributed by atoms with E-state index >= 15 is 0 Å². The Morgan fingerprint density at radius 2 is 2.47 bits per heavy atom. The summed E-state index contributed by atoms with van der Waals surface area (Å²) in [6, 6.07) is 2.36. The monoisotopic (exact) mass is 318 g/mol. The lowest BCUT2D eigenvalue weighted by Crippen LogP contribution is -2.48. The maximum atomic E-state index is 10.2. The van der Waals surface area contributed by atoms with E-state index in [1.54, 1.807) is 11.3 Å². The van der Waals surface area contributed by atoms with Gasteiger partial charge in [-0.2, -0.15) is 0 Å². The van der Waals surface area contributed by atoms with Crippen molar-refractivity contribution in [1.82, 2.24) is 4.90 Å². The minimum Gasteiger partial charge on any atom is -0.389 e. The largest absolute Gasteiger partial charge is 0.389 e. The third-order valence-electron chi connectivity index (χ3n) is 3.28. The topological polar surface area (TPSA) is 49.5 Å². The Morgan fingerprint density at radius 3 is 3.00 bits per heavy atom. The highest BCUT2D eigenvalue weighted by Crippen LogP contribution is 2.32. The molecule has 1 aromatic heterocycles. The van der Waals surface area contributed by atoms with Gasteiger partial charge in [-0.15, -0.1) is 11.3 Å². The number of halogens is 1. The molecule has 2 atom stereocenters. The Bertz CT molecular complexity index is 380. The molecule has 96 valence electrons. The van der Waals surface area contributed by atoms with E-state index in [1.165, 1.54) is 4.88 Å². The van der Waals surface area contributed by atoms with Gasteiger partial charge in [0.2, 0.25) is 0 Å². The van der Waals surface area contributed by atoms with Gasteiger partial charge in [-0.05, 0) is 48.3 Å². The van der Waals surface area contributed by atoms with Crippen LogP contribution in [0.4, 0.5) is 0 Å². The minimum atomic E-state index is -0.569. The Kier molecular flexibility index (Phi) is 4.26. The van der Waals surface area contributed by atoms with Gasteiger partial charge in [0.25, 0.3) is 0 Å². The van der Waals surface area contributed by atoms with E-state index in [9.17, 15) is 5.11 Å². The third kappa shape index (κ3) is 3.29. The number of aliphatic hydroxyl groups is 1. The quantitative estimate of drug-likeness (QED) is 0.899. The normalized spacial score (nSPS) is 28.2. The predicted octanol–water partition coefficient (Wildman–Crippen LogP) is 2.36. The molecule has 0 amide bonds. The van der Waals surface area contributed by atoms with Crippen LogP contribution in [-0.4, -0.2) is 35.2 Å². The van der Waals surface area contributed by atoms with Crippen LogP contribution in [-0.2, 0) is 0 Å². The van der Waals surface area contributed by atoms with Gasteiger partial charge in [0, 0.05) is 27.8 Å². The van der Waals surface area contributed by atoms with Crippen LogP contribution < -0.4 is 5.73 Å². The molecular formula is C12H19BrN2OS. The van der Waals surface area contributed by atoms with Crippen LogP contribution in [0.5, 0.6) is 0 Å². The molecule has 0 bridgehead atoms. The van der Waals surface area contributed by atoms with Crippen LogP contribution >= 0.6 is 27.3 Å². The number of nitrogens with zero attached hydrogens (tertiary/aromatic N) is 1. The zero-order valence-electron chi connectivity index (χ0n) is 10.0. The van der Waals surface area contributed by atoms with E-state index in [4.69, 9.17) is 5.73 Å². The second-order valence-electron chi connectivity index (χ2n) is 4.99. The first-order valence-corrected chi connectivity index (χ1v) is 7.59. The third-order valence-corrected chi connectivity index (χ3v) is 5.08. The molecule has 0 radical (unpaired) electrons. The van der Waals surface area contributed by atoms with Crippen LogP contribution in [0.1, 0.15) is 30.7 Å². The van der Waals surface area contributed by atoms with Gasteiger partial charge in [-0.3, -0.25) is 4.90 Å². The number of β-amino-alcohol motifs (C(OH)–C–C–N with tert-alkyl or cyclic N) is 1. The number of rotatable bonds is 3.